The molecule has 1 aromatic carbocycles. The van der Waals surface area contributed by atoms with Gasteiger partial charge in [0.25, 0.3) is 5.91 Å². The van der Waals surface area contributed by atoms with Crippen LogP contribution in [-0.4, -0.2) is 65.2 Å². The Morgan fingerprint density at radius 3 is 2.74 bits per heavy atom. The molecule has 3 aliphatic heterocycles. The predicted octanol–water partition coefficient (Wildman–Crippen LogP) is 1.10. The molecule has 2 atom stereocenters. The predicted molar refractivity (Wildman–Crippen MR) is 94.5 cm³/mol. The van der Waals surface area contributed by atoms with E-state index in [9.17, 15) is 19.2 Å². The van der Waals surface area contributed by atoms with Crippen LogP contribution in [0.25, 0.3) is 0 Å². The molecule has 0 bridgehead atoms. The van der Waals surface area contributed by atoms with E-state index in [1.54, 1.807) is 16.7 Å². The SMILES string of the molecule is O=C(OCC(=O)N1CCOC1=O)[C@@H]1CS[C@@]2(c3ccccc3)CCC(=O)N12. The Morgan fingerprint density at radius 1 is 1.26 bits per heavy atom. The van der Waals surface area contributed by atoms with Crippen LogP contribution < -0.4 is 0 Å². The number of hydrogen-bond donors (Lipinski definition) is 0. The van der Waals surface area contributed by atoms with E-state index in [0.29, 0.717) is 18.6 Å². The van der Waals surface area contributed by atoms with Crippen molar-refractivity contribution in [1.29, 1.82) is 0 Å². The van der Waals surface area contributed by atoms with Gasteiger partial charge >= 0.3 is 12.1 Å². The lowest BCUT2D eigenvalue weighted by Crippen LogP contribution is -2.47. The molecule has 8 nitrogen and oxygen atoms in total. The van der Waals surface area contributed by atoms with Crippen LogP contribution in [-0.2, 0) is 28.7 Å². The van der Waals surface area contributed by atoms with E-state index >= 15 is 0 Å². The normalized spacial score (nSPS) is 26.9. The van der Waals surface area contributed by atoms with Gasteiger partial charge in [-0.25, -0.2) is 14.5 Å². The van der Waals surface area contributed by atoms with E-state index in [4.69, 9.17) is 9.47 Å². The fourth-order valence-corrected chi connectivity index (χ4v) is 5.38. The maximum absolute atomic E-state index is 12.6. The molecule has 0 saturated carbocycles. The van der Waals surface area contributed by atoms with Gasteiger partial charge in [-0.1, -0.05) is 30.3 Å². The van der Waals surface area contributed by atoms with Crippen molar-refractivity contribution < 1.29 is 28.7 Å². The highest BCUT2D eigenvalue weighted by Crippen LogP contribution is 2.54. The molecule has 4 rings (SSSR count). The Morgan fingerprint density at radius 2 is 2.04 bits per heavy atom. The second-order valence-electron chi connectivity index (χ2n) is 6.51. The van der Waals surface area contributed by atoms with Gasteiger partial charge in [0.05, 0.1) is 6.54 Å². The third-order valence-corrected chi connectivity index (χ3v) is 6.62. The lowest BCUT2D eigenvalue weighted by Gasteiger charge is -2.33. The molecule has 0 N–H and O–H groups in total. The van der Waals surface area contributed by atoms with Gasteiger partial charge in [0.2, 0.25) is 5.91 Å². The molecule has 9 heteroatoms. The highest BCUT2D eigenvalue weighted by molar-refractivity contribution is 8.00. The smallest absolute Gasteiger partial charge is 0.416 e. The molecular formula is C18H18N2O6S. The Bertz CT molecular complexity index is 800. The fourth-order valence-electron chi connectivity index (χ4n) is 3.74. The largest absolute Gasteiger partial charge is 0.454 e. The average Bonchev–Trinajstić information content (AvgIpc) is 3.36. The minimum atomic E-state index is -0.747. The van der Waals surface area contributed by atoms with E-state index in [-0.39, 0.29) is 19.1 Å². The van der Waals surface area contributed by atoms with E-state index in [2.05, 4.69) is 0 Å². The highest BCUT2D eigenvalue weighted by atomic mass is 32.2. The zero-order valence-corrected chi connectivity index (χ0v) is 15.3. The van der Waals surface area contributed by atoms with Crippen molar-refractivity contribution in [2.75, 3.05) is 25.5 Å². The Labute approximate surface area is 159 Å². The first-order chi connectivity index (χ1) is 13.0. The summed E-state index contributed by atoms with van der Waals surface area (Å²) in [7, 11) is 0. The molecule has 3 heterocycles. The lowest BCUT2D eigenvalue weighted by molar-refractivity contribution is -0.157. The molecule has 27 heavy (non-hydrogen) atoms. The zero-order chi connectivity index (χ0) is 19.0. The zero-order valence-electron chi connectivity index (χ0n) is 14.5. The van der Waals surface area contributed by atoms with Crippen molar-refractivity contribution in [2.24, 2.45) is 0 Å². The molecule has 0 aromatic heterocycles. The number of benzene rings is 1. The van der Waals surface area contributed by atoms with Gasteiger partial charge in [-0.3, -0.25) is 9.59 Å². The molecule has 0 aliphatic carbocycles. The van der Waals surface area contributed by atoms with Crippen LogP contribution in [0.5, 0.6) is 0 Å². The number of imide groups is 1. The van der Waals surface area contributed by atoms with E-state index in [0.717, 1.165) is 10.5 Å². The fraction of sp³-hybridized carbons (Fsp3) is 0.444. The van der Waals surface area contributed by atoms with Crippen LogP contribution in [0.15, 0.2) is 30.3 Å². The van der Waals surface area contributed by atoms with Crippen molar-refractivity contribution in [3.63, 3.8) is 0 Å². The summed E-state index contributed by atoms with van der Waals surface area (Å²) in [5.41, 5.74) is 0.979. The number of hydrogen-bond acceptors (Lipinski definition) is 7. The first-order valence-corrected chi connectivity index (χ1v) is 9.67. The van der Waals surface area contributed by atoms with Gasteiger partial charge in [-0.2, -0.15) is 0 Å². The summed E-state index contributed by atoms with van der Waals surface area (Å²) in [6.45, 7) is -0.259. The number of fused-ring (bicyclic) bond motifs is 1. The second kappa shape index (κ2) is 6.88. The third kappa shape index (κ3) is 2.95. The number of nitrogens with zero attached hydrogens (tertiary/aromatic N) is 2. The van der Waals surface area contributed by atoms with E-state index in [1.165, 1.54) is 0 Å². The molecule has 142 valence electrons. The summed E-state index contributed by atoms with van der Waals surface area (Å²) in [4.78, 5) is 50.5. The molecular weight excluding hydrogens is 372 g/mol. The molecule has 3 fully saturated rings. The molecule has 0 radical (unpaired) electrons. The summed E-state index contributed by atoms with van der Waals surface area (Å²) in [6.07, 6.45) is 0.262. The molecule has 1 aromatic rings. The van der Waals surface area contributed by atoms with Gasteiger partial charge in [0.1, 0.15) is 17.5 Å². The summed E-state index contributed by atoms with van der Waals surface area (Å²) in [5.74, 6) is -0.949. The minimum absolute atomic E-state index is 0.0970. The van der Waals surface area contributed by atoms with Gasteiger partial charge in [-0.15, -0.1) is 11.8 Å². The molecule has 3 aliphatic rings. The summed E-state index contributed by atoms with van der Waals surface area (Å²) in [6, 6.07) is 8.88. The standard InChI is InChI=1S/C18H18N2O6S/c21-14-6-7-18(12-4-2-1-3-5-12)20(14)13(11-27-18)16(23)26-10-15(22)19-8-9-25-17(19)24/h1-5,13H,6-11H2/t13-,18+/m0/s1. The second-order valence-corrected chi connectivity index (χ2v) is 7.81. The van der Waals surface area contributed by atoms with Crippen molar-refractivity contribution >= 4 is 35.6 Å². The number of carbonyl (C=O) groups excluding carboxylic acids is 4. The van der Waals surface area contributed by atoms with Gasteiger partial charge in [-0.05, 0) is 12.0 Å². The van der Waals surface area contributed by atoms with Crippen molar-refractivity contribution in [1.82, 2.24) is 9.80 Å². The van der Waals surface area contributed by atoms with Crippen LogP contribution >= 0.6 is 11.8 Å². The maximum Gasteiger partial charge on any atom is 0.416 e. The van der Waals surface area contributed by atoms with Crippen LogP contribution in [0.1, 0.15) is 18.4 Å². The van der Waals surface area contributed by atoms with E-state index < -0.39 is 35.5 Å². The van der Waals surface area contributed by atoms with Gasteiger partial charge < -0.3 is 14.4 Å². The number of cyclic esters (lactones) is 1. The van der Waals surface area contributed by atoms with Crippen LogP contribution in [0.2, 0.25) is 0 Å². The van der Waals surface area contributed by atoms with Crippen molar-refractivity contribution in [3.8, 4) is 0 Å². The third-order valence-electron chi connectivity index (χ3n) is 5.02. The topological polar surface area (TPSA) is 93.2 Å². The Kier molecular flexibility index (Phi) is 4.55. The summed E-state index contributed by atoms with van der Waals surface area (Å²) in [5, 5.41) is 0. The quantitative estimate of drug-likeness (QED) is 0.711. The molecule has 3 saturated heterocycles. The van der Waals surface area contributed by atoms with Gasteiger partial charge in [0, 0.05) is 12.2 Å². The number of esters is 1. The number of ether oxygens (including phenoxy) is 2. The number of thioether (sulfide) groups is 1. The average molecular weight is 390 g/mol. The van der Waals surface area contributed by atoms with Gasteiger partial charge in [0.15, 0.2) is 6.61 Å². The number of rotatable bonds is 4. The first kappa shape index (κ1) is 17.8. The van der Waals surface area contributed by atoms with Crippen LogP contribution in [0, 0.1) is 0 Å². The van der Waals surface area contributed by atoms with Crippen molar-refractivity contribution in [3.05, 3.63) is 35.9 Å². The molecule has 0 unspecified atom stereocenters. The van der Waals surface area contributed by atoms with Crippen molar-refractivity contribution in [2.45, 2.75) is 23.8 Å². The Hall–Kier alpha value is -2.55. The lowest BCUT2D eigenvalue weighted by atomic mass is 10.0. The molecule has 0 spiro atoms. The monoisotopic (exact) mass is 390 g/mol. The first-order valence-electron chi connectivity index (χ1n) is 8.68. The summed E-state index contributed by atoms with van der Waals surface area (Å²) < 4.78 is 9.84. The number of carbonyl (C=O) groups is 4. The highest BCUT2D eigenvalue weighted by Gasteiger charge is 2.57. The van der Waals surface area contributed by atoms with Crippen LogP contribution in [0.3, 0.4) is 0 Å². The summed E-state index contributed by atoms with van der Waals surface area (Å²) >= 11 is 1.55. The van der Waals surface area contributed by atoms with E-state index in [1.807, 2.05) is 30.3 Å². The maximum atomic E-state index is 12.6. The van der Waals surface area contributed by atoms with Crippen LogP contribution in [0.4, 0.5) is 4.79 Å². The number of amides is 3. The minimum Gasteiger partial charge on any atom is -0.454 e. The Balaban J connectivity index is 1.46. The molecule has 3 amide bonds.